The second kappa shape index (κ2) is 8.09. The zero-order valence-electron chi connectivity index (χ0n) is 15.3. The molecule has 0 radical (unpaired) electrons. The van der Waals surface area contributed by atoms with E-state index in [4.69, 9.17) is 0 Å². The Balaban J connectivity index is 1.97. The summed E-state index contributed by atoms with van der Waals surface area (Å²) in [7, 11) is 0. The van der Waals surface area contributed by atoms with Gasteiger partial charge in [-0.25, -0.2) is 9.50 Å². The zero-order valence-corrected chi connectivity index (χ0v) is 16.1. The van der Waals surface area contributed by atoms with Gasteiger partial charge >= 0.3 is 18.3 Å². The minimum atomic E-state index is -5.80. The Morgan fingerprint density at radius 3 is 2.26 bits per heavy atom. The highest BCUT2D eigenvalue weighted by atomic mass is 32.2. The van der Waals surface area contributed by atoms with Crippen molar-refractivity contribution in [3.8, 4) is 17.1 Å². The summed E-state index contributed by atoms with van der Waals surface area (Å²) in [5.74, 6) is -5.28. The summed E-state index contributed by atoms with van der Waals surface area (Å²) >= 11 is 1.10. The minimum absolute atomic E-state index is 0.0206. The Hall–Kier alpha value is -2.71. The van der Waals surface area contributed by atoms with Gasteiger partial charge in [0.15, 0.2) is 12.3 Å². The average Bonchev–Trinajstić information content (AvgIpc) is 3.03. The lowest BCUT2D eigenvalue weighted by Crippen LogP contribution is -2.41. The Morgan fingerprint density at radius 1 is 1.00 bits per heavy atom. The van der Waals surface area contributed by atoms with Gasteiger partial charge in [-0.2, -0.15) is 40.2 Å². The lowest BCUT2D eigenvalue weighted by Gasteiger charge is -2.19. The lowest BCUT2D eigenvalue weighted by molar-refractivity contribution is -0.290. The Morgan fingerprint density at radius 2 is 1.71 bits per heavy atom. The van der Waals surface area contributed by atoms with Crippen LogP contribution in [-0.4, -0.2) is 49.3 Å². The van der Waals surface area contributed by atoms with Crippen LogP contribution in [0.2, 0.25) is 0 Å². The largest absolute Gasteiger partial charge is 0.470 e. The monoisotopic (exact) mass is 473 g/mol. The van der Waals surface area contributed by atoms with Gasteiger partial charge in [-0.05, 0) is 17.9 Å². The van der Waals surface area contributed by atoms with Crippen LogP contribution in [0.3, 0.4) is 0 Å². The van der Waals surface area contributed by atoms with Gasteiger partial charge in [0.05, 0.1) is 11.3 Å². The van der Waals surface area contributed by atoms with Gasteiger partial charge in [-0.1, -0.05) is 6.92 Å². The first-order valence-electron chi connectivity index (χ1n) is 8.34. The summed E-state index contributed by atoms with van der Waals surface area (Å²) in [4.78, 5) is 3.92. The molecular formula is C16H11F8N5OS. The molecule has 0 atom stereocenters. The normalized spacial score (nSPS) is 13.1. The second-order valence-corrected chi connectivity index (χ2v) is 7.18. The number of ether oxygens (including phenoxy) is 1. The molecule has 15 heteroatoms. The molecule has 6 nitrogen and oxygen atoms in total. The molecule has 0 amide bonds. The van der Waals surface area contributed by atoms with E-state index in [0.29, 0.717) is 10.3 Å². The summed E-state index contributed by atoms with van der Waals surface area (Å²) in [6, 6.07) is 2.85. The molecular weight excluding hydrogens is 462 g/mol. The number of hydrogen-bond acceptors (Lipinski definition) is 6. The van der Waals surface area contributed by atoms with Crippen LogP contribution in [0.25, 0.3) is 16.9 Å². The van der Waals surface area contributed by atoms with E-state index in [0.717, 1.165) is 36.2 Å². The van der Waals surface area contributed by atoms with E-state index in [1.54, 1.807) is 6.92 Å². The highest BCUT2D eigenvalue weighted by molar-refractivity contribution is 7.99. The summed E-state index contributed by atoms with van der Waals surface area (Å²) in [5.41, 5.74) is -1.19. The Labute approximate surface area is 172 Å². The molecule has 3 aromatic rings. The minimum Gasteiger partial charge on any atom is -0.470 e. The van der Waals surface area contributed by atoms with Crippen molar-refractivity contribution in [1.29, 1.82) is 0 Å². The molecule has 0 aliphatic heterocycles. The number of fused-ring (bicyclic) bond motifs is 1. The van der Waals surface area contributed by atoms with Crippen LogP contribution in [0.15, 0.2) is 29.4 Å². The number of hydrogen-bond donors (Lipinski definition) is 0. The first-order chi connectivity index (χ1) is 14.3. The molecule has 3 rings (SSSR count). The zero-order chi connectivity index (χ0) is 23.0. The highest BCUT2D eigenvalue weighted by Crippen LogP contribution is 2.37. The van der Waals surface area contributed by atoms with Crippen molar-refractivity contribution in [2.45, 2.75) is 30.2 Å². The van der Waals surface area contributed by atoms with Crippen LogP contribution in [0.5, 0.6) is 5.88 Å². The summed E-state index contributed by atoms with van der Waals surface area (Å²) in [6.45, 7) is -0.269. The molecule has 0 aliphatic rings. The van der Waals surface area contributed by atoms with Crippen LogP contribution in [0.4, 0.5) is 35.1 Å². The van der Waals surface area contributed by atoms with Crippen molar-refractivity contribution in [2.24, 2.45) is 0 Å². The standard InChI is InChI=1S/C16H11F8N5OS/c1-2-31-13-11(12-25-6-5-9(15(19,20)21)29(12)28-13)8-3-4-10(27-26-8)30-7-14(17,18)16(22,23)24/h3-6H,2,7H2,1H3. The molecule has 0 aliphatic carbocycles. The first-order valence-corrected chi connectivity index (χ1v) is 9.33. The highest BCUT2D eigenvalue weighted by Gasteiger charge is 2.58. The molecule has 3 heterocycles. The second-order valence-electron chi connectivity index (χ2n) is 5.92. The molecule has 3 aromatic heterocycles. The number of nitrogens with zero attached hydrogens (tertiary/aromatic N) is 5. The van der Waals surface area contributed by atoms with E-state index in [1.165, 1.54) is 0 Å². The maximum Gasteiger partial charge on any atom is 0.456 e. The van der Waals surface area contributed by atoms with Gasteiger partial charge in [0.1, 0.15) is 10.7 Å². The molecule has 0 aromatic carbocycles. The summed E-state index contributed by atoms with van der Waals surface area (Å²) in [5, 5.41) is 11.2. The van der Waals surface area contributed by atoms with Crippen LogP contribution >= 0.6 is 11.8 Å². The number of rotatable bonds is 6. The van der Waals surface area contributed by atoms with Crippen molar-refractivity contribution in [1.82, 2.24) is 24.8 Å². The number of halogens is 8. The van der Waals surface area contributed by atoms with Gasteiger partial charge in [-0.3, -0.25) is 0 Å². The van der Waals surface area contributed by atoms with Crippen molar-refractivity contribution in [2.75, 3.05) is 12.4 Å². The van der Waals surface area contributed by atoms with E-state index >= 15 is 0 Å². The van der Waals surface area contributed by atoms with Gasteiger partial charge < -0.3 is 4.74 Å². The van der Waals surface area contributed by atoms with Gasteiger partial charge in [0, 0.05) is 12.3 Å². The SMILES string of the molecule is CCSc1nn2c(C(F)(F)F)ccnc2c1-c1ccc(OCC(F)(F)C(F)(F)F)nn1. The van der Waals surface area contributed by atoms with E-state index in [2.05, 4.69) is 25.0 Å². The Bertz CT molecular complexity index is 1060. The molecule has 0 fully saturated rings. The van der Waals surface area contributed by atoms with Crippen LogP contribution in [0.1, 0.15) is 12.6 Å². The fraction of sp³-hybridized carbons (Fsp3) is 0.375. The third-order valence-electron chi connectivity index (χ3n) is 3.77. The number of thioether (sulfide) groups is 1. The van der Waals surface area contributed by atoms with Crippen molar-refractivity contribution in [3.63, 3.8) is 0 Å². The maximum absolute atomic E-state index is 13.3. The topological polar surface area (TPSA) is 65.2 Å². The third kappa shape index (κ3) is 4.65. The smallest absolute Gasteiger partial charge is 0.456 e. The lowest BCUT2D eigenvalue weighted by atomic mass is 10.2. The van der Waals surface area contributed by atoms with Crippen LogP contribution in [-0.2, 0) is 6.18 Å². The fourth-order valence-corrected chi connectivity index (χ4v) is 3.13. The molecule has 168 valence electrons. The van der Waals surface area contributed by atoms with Gasteiger partial charge in [-0.15, -0.1) is 22.0 Å². The quantitative estimate of drug-likeness (QED) is 0.375. The molecule has 0 N–H and O–H groups in total. The van der Waals surface area contributed by atoms with E-state index in [1.807, 2.05) is 0 Å². The first kappa shape index (κ1) is 23.0. The Kier molecular flexibility index (Phi) is 5.99. The van der Waals surface area contributed by atoms with Gasteiger partial charge in [0.2, 0.25) is 5.88 Å². The predicted octanol–water partition coefficient (Wildman–Crippen LogP) is 4.89. The maximum atomic E-state index is 13.3. The van der Waals surface area contributed by atoms with E-state index < -0.39 is 36.5 Å². The molecule has 0 bridgehead atoms. The molecule has 0 spiro atoms. The average molecular weight is 473 g/mol. The van der Waals surface area contributed by atoms with Crippen molar-refractivity contribution in [3.05, 3.63) is 30.1 Å². The molecule has 31 heavy (non-hydrogen) atoms. The van der Waals surface area contributed by atoms with E-state index in [-0.39, 0.29) is 21.9 Å². The molecule has 0 saturated heterocycles. The van der Waals surface area contributed by atoms with Crippen LogP contribution < -0.4 is 4.74 Å². The molecule has 0 unspecified atom stereocenters. The van der Waals surface area contributed by atoms with E-state index in [9.17, 15) is 35.1 Å². The van der Waals surface area contributed by atoms with Gasteiger partial charge in [0.25, 0.3) is 0 Å². The van der Waals surface area contributed by atoms with Crippen molar-refractivity contribution >= 4 is 17.4 Å². The van der Waals surface area contributed by atoms with Crippen molar-refractivity contribution < 1.29 is 39.9 Å². The fourth-order valence-electron chi connectivity index (χ4n) is 2.38. The number of alkyl halides is 8. The number of aromatic nitrogens is 5. The van der Waals surface area contributed by atoms with Crippen LogP contribution in [0, 0.1) is 0 Å². The summed E-state index contributed by atoms with van der Waals surface area (Å²) in [6.07, 6.45) is -9.58. The predicted molar refractivity (Wildman–Crippen MR) is 91.9 cm³/mol. The third-order valence-corrected chi connectivity index (χ3v) is 4.62. The molecule has 0 saturated carbocycles. The summed E-state index contributed by atoms with van der Waals surface area (Å²) < 4.78 is 107.